The van der Waals surface area contributed by atoms with Crippen molar-refractivity contribution in [3.8, 4) is 11.5 Å². The minimum Gasteiger partial charge on any atom is -0.496 e. The van der Waals surface area contributed by atoms with Crippen LogP contribution in [0.15, 0.2) is 30.6 Å². The number of methoxy groups -OCH3 is 1. The topological polar surface area (TPSA) is 67.8 Å². The zero-order valence-electron chi connectivity index (χ0n) is 19.8. The fourth-order valence-electron chi connectivity index (χ4n) is 5.31. The molecule has 0 spiro atoms. The normalized spacial score (nSPS) is 22.3. The van der Waals surface area contributed by atoms with Crippen molar-refractivity contribution in [1.29, 1.82) is 0 Å². The number of rotatable bonds is 9. The number of likely N-dealkylation sites (tertiary alicyclic amines) is 1. The molecule has 1 aromatic carbocycles. The van der Waals surface area contributed by atoms with E-state index in [0.29, 0.717) is 18.1 Å². The number of ether oxygens (including phenoxy) is 2. The molecule has 2 aromatic rings. The monoisotopic (exact) mass is 484 g/mol. The second-order valence-corrected chi connectivity index (χ2v) is 10.1. The molecule has 0 radical (unpaired) electrons. The Morgan fingerprint density at radius 3 is 2.59 bits per heavy atom. The first-order valence-electron chi connectivity index (χ1n) is 12.4. The summed E-state index contributed by atoms with van der Waals surface area (Å²) in [6.07, 6.45) is 9.62. The van der Waals surface area contributed by atoms with E-state index < -0.39 is 0 Å². The number of nitrogens with zero attached hydrogens (tertiary/aromatic N) is 4. The molecule has 2 atom stereocenters. The Bertz CT molecular complexity index is 990. The number of aromatic nitrogens is 2. The highest BCUT2D eigenvalue weighted by atomic mass is 35.5. The SMILES string of the molecule is COc1cc(OCC[C@@H]2C[C@@H]2C2CCN(c3ncc(Cl)cn3)CC2)ccc1CC(=O)N1CCC1. The molecule has 0 unspecified atom stereocenters. The molecule has 3 fully saturated rings. The lowest BCUT2D eigenvalue weighted by Crippen LogP contribution is -2.42. The van der Waals surface area contributed by atoms with Gasteiger partial charge in [-0.15, -0.1) is 0 Å². The molecule has 0 N–H and O–H groups in total. The maximum absolute atomic E-state index is 12.3. The quantitative estimate of drug-likeness (QED) is 0.530. The van der Waals surface area contributed by atoms with Gasteiger partial charge in [0, 0.05) is 37.8 Å². The summed E-state index contributed by atoms with van der Waals surface area (Å²) in [5, 5.41) is 0.577. The first-order chi connectivity index (χ1) is 16.6. The van der Waals surface area contributed by atoms with Gasteiger partial charge < -0.3 is 19.3 Å². The van der Waals surface area contributed by atoms with E-state index in [0.717, 1.165) is 79.8 Å². The van der Waals surface area contributed by atoms with Crippen molar-refractivity contribution in [2.45, 2.75) is 38.5 Å². The van der Waals surface area contributed by atoms with Crippen LogP contribution in [0.4, 0.5) is 5.95 Å². The van der Waals surface area contributed by atoms with Crippen LogP contribution in [-0.4, -0.2) is 60.7 Å². The van der Waals surface area contributed by atoms with Crippen LogP contribution in [0.1, 0.15) is 37.7 Å². The zero-order chi connectivity index (χ0) is 23.5. The zero-order valence-corrected chi connectivity index (χ0v) is 20.5. The lowest BCUT2D eigenvalue weighted by atomic mass is 9.90. The van der Waals surface area contributed by atoms with Crippen molar-refractivity contribution in [3.63, 3.8) is 0 Å². The number of carbonyl (C=O) groups excluding carboxylic acids is 1. The Hall–Kier alpha value is -2.54. The summed E-state index contributed by atoms with van der Waals surface area (Å²) in [5.41, 5.74) is 0.921. The lowest BCUT2D eigenvalue weighted by molar-refractivity contribution is -0.133. The molecule has 0 bridgehead atoms. The van der Waals surface area contributed by atoms with Crippen molar-refractivity contribution in [3.05, 3.63) is 41.2 Å². The Kier molecular flexibility index (Phi) is 7.09. The molecule has 3 heterocycles. The third-order valence-electron chi connectivity index (χ3n) is 7.58. The van der Waals surface area contributed by atoms with Crippen LogP contribution in [0.3, 0.4) is 0 Å². The van der Waals surface area contributed by atoms with Crippen LogP contribution in [0.5, 0.6) is 11.5 Å². The predicted octanol–water partition coefficient (Wildman–Crippen LogP) is 4.24. The highest BCUT2D eigenvalue weighted by Crippen LogP contribution is 2.50. The third kappa shape index (κ3) is 5.40. The number of anilines is 1. The Labute approximate surface area is 206 Å². The number of amides is 1. The number of carbonyl (C=O) groups is 1. The molecule has 2 aliphatic heterocycles. The molecule has 8 heteroatoms. The molecule has 1 amide bonds. The summed E-state index contributed by atoms with van der Waals surface area (Å²) in [5.74, 6) is 4.87. The first kappa shape index (κ1) is 23.2. The highest BCUT2D eigenvalue weighted by molar-refractivity contribution is 6.30. The van der Waals surface area contributed by atoms with E-state index in [4.69, 9.17) is 21.1 Å². The summed E-state index contributed by atoms with van der Waals surface area (Å²) < 4.78 is 11.6. The van der Waals surface area contributed by atoms with Crippen LogP contribution in [0.2, 0.25) is 5.02 Å². The maximum Gasteiger partial charge on any atom is 0.227 e. The van der Waals surface area contributed by atoms with Gasteiger partial charge in [0.2, 0.25) is 11.9 Å². The minimum atomic E-state index is 0.171. The standard InChI is InChI=1S/C26H33ClN4O3/c1-33-24-15-22(4-3-20(24)14-25(32)30-8-2-9-30)34-12-7-19-13-23(19)18-5-10-31(11-6-18)26-28-16-21(27)17-29-26/h3-4,15-19,23H,2,5-14H2,1H3/t19-,23-/m1/s1. The van der Waals surface area contributed by atoms with Crippen molar-refractivity contribution >= 4 is 23.5 Å². The maximum atomic E-state index is 12.3. The van der Waals surface area contributed by atoms with Crippen LogP contribution in [0.25, 0.3) is 0 Å². The van der Waals surface area contributed by atoms with Gasteiger partial charge in [0.1, 0.15) is 11.5 Å². The molecule has 3 aliphatic rings. The van der Waals surface area contributed by atoms with Crippen molar-refractivity contribution in [2.75, 3.05) is 44.8 Å². The summed E-state index contributed by atoms with van der Waals surface area (Å²) in [4.78, 5) is 25.2. The first-order valence-corrected chi connectivity index (χ1v) is 12.8. The number of benzene rings is 1. The lowest BCUT2D eigenvalue weighted by Gasteiger charge is -2.32. The van der Waals surface area contributed by atoms with Crippen LogP contribution >= 0.6 is 11.6 Å². The number of piperidine rings is 1. The van der Waals surface area contributed by atoms with Gasteiger partial charge in [-0.1, -0.05) is 17.7 Å². The number of halogens is 1. The summed E-state index contributed by atoms with van der Waals surface area (Å²) in [7, 11) is 1.65. The second-order valence-electron chi connectivity index (χ2n) is 9.71. The fraction of sp³-hybridized carbons (Fsp3) is 0.577. The van der Waals surface area contributed by atoms with Crippen molar-refractivity contribution < 1.29 is 14.3 Å². The van der Waals surface area contributed by atoms with Gasteiger partial charge in [-0.2, -0.15) is 0 Å². The fourth-order valence-corrected chi connectivity index (χ4v) is 5.40. The third-order valence-corrected chi connectivity index (χ3v) is 7.77. The largest absolute Gasteiger partial charge is 0.496 e. The number of hydrogen-bond donors (Lipinski definition) is 0. The average Bonchev–Trinajstić information content (AvgIpc) is 3.59. The van der Waals surface area contributed by atoms with Crippen molar-refractivity contribution in [1.82, 2.24) is 14.9 Å². The van der Waals surface area contributed by atoms with Gasteiger partial charge in [0.15, 0.2) is 0 Å². The van der Waals surface area contributed by atoms with E-state index in [1.807, 2.05) is 23.1 Å². The van der Waals surface area contributed by atoms with Crippen LogP contribution in [-0.2, 0) is 11.2 Å². The van der Waals surface area contributed by atoms with E-state index in [1.165, 1.54) is 19.3 Å². The summed E-state index contributed by atoms with van der Waals surface area (Å²) in [6, 6.07) is 5.84. The molecular weight excluding hydrogens is 452 g/mol. The molecule has 1 saturated carbocycles. The van der Waals surface area contributed by atoms with E-state index in [2.05, 4.69) is 14.9 Å². The molecule has 34 heavy (non-hydrogen) atoms. The van der Waals surface area contributed by atoms with Gasteiger partial charge in [-0.25, -0.2) is 9.97 Å². The molecule has 182 valence electrons. The van der Waals surface area contributed by atoms with E-state index >= 15 is 0 Å². The van der Waals surface area contributed by atoms with Crippen molar-refractivity contribution in [2.24, 2.45) is 17.8 Å². The van der Waals surface area contributed by atoms with E-state index in [1.54, 1.807) is 19.5 Å². The Morgan fingerprint density at radius 2 is 1.91 bits per heavy atom. The van der Waals surface area contributed by atoms with Gasteiger partial charge in [-0.3, -0.25) is 4.79 Å². The molecule has 7 nitrogen and oxygen atoms in total. The average molecular weight is 485 g/mol. The second kappa shape index (κ2) is 10.4. The number of hydrogen-bond acceptors (Lipinski definition) is 6. The van der Waals surface area contributed by atoms with Gasteiger partial charge >= 0.3 is 0 Å². The summed E-state index contributed by atoms with van der Waals surface area (Å²) in [6.45, 7) is 4.49. The smallest absolute Gasteiger partial charge is 0.227 e. The van der Waals surface area contributed by atoms with E-state index in [-0.39, 0.29) is 5.91 Å². The predicted molar refractivity (Wildman–Crippen MR) is 132 cm³/mol. The van der Waals surface area contributed by atoms with Crippen LogP contribution in [0, 0.1) is 17.8 Å². The van der Waals surface area contributed by atoms with E-state index in [9.17, 15) is 4.79 Å². The molecule has 1 aromatic heterocycles. The molecule has 5 rings (SSSR count). The van der Waals surface area contributed by atoms with Gasteiger partial charge in [-0.05, 0) is 55.9 Å². The Balaban J connectivity index is 1.04. The molecule has 2 saturated heterocycles. The van der Waals surface area contributed by atoms with Gasteiger partial charge in [0.25, 0.3) is 0 Å². The van der Waals surface area contributed by atoms with Crippen LogP contribution < -0.4 is 14.4 Å². The Morgan fingerprint density at radius 1 is 1.15 bits per heavy atom. The highest BCUT2D eigenvalue weighted by Gasteiger charge is 2.43. The van der Waals surface area contributed by atoms with Gasteiger partial charge in [0.05, 0.1) is 37.6 Å². The molecular formula is C26H33ClN4O3. The minimum absolute atomic E-state index is 0.171. The summed E-state index contributed by atoms with van der Waals surface area (Å²) >= 11 is 5.90. The molecule has 1 aliphatic carbocycles.